The first kappa shape index (κ1) is 14.5. The lowest BCUT2D eigenvalue weighted by atomic mass is 10.2. The van der Waals surface area contributed by atoms with Crippen molar-refractivity contribution in [3.05, 3.63) is 96.6 Å². The van der Waals surface area contributed by atoms with Gasteiger partial charge in [0.05, 0.1) is 0 Å². The summed E-state index contributed by atoms with van der Waals surface area (Å²) in [5.74, 6) is 0.241. The second kappa shape index (κ2) is 7.01. The Morgan fingerprint density at radius 2 is 1.05 bits per heavy atom. The van der Waals surface area contributed by atoms with Crippen molar-refractivity contribution < 1.29 is 4.79 Å². The smallest absolute Gasteiger partial charge is 0.160 e. The summed E-state index contributed by atoms with van der Waals surface area (Å²) >= 11 is 0. The Bertz CT molecular complexity index is 684. The molecule has 22 heavy (non-hydrogen) atoms. The van der Waals surface area contributed by atoms with Gasteiger partial charge in [-0.15, -0.1) is 0 Å². The summed E-state index contributed by atoms with van der Waals surface area (Å²) in [5, 5.41) is 2.64. The molecule has 0 bridgehead atoms. The molecule has 0 fully saturated rings. The molecular formula is C20H18OSi. The van der Waals surface area contributed by atoms with Crippen molar-refractivity contribution >= 4 is 25.0 Å². The number of ketones is 1. The molecular weight excluding hydrogens is 284 g/mol. The van der Waals surface area contributed by atoms with Gasteiger partial charge in [0.2, 0.25) is 0 Å². The molecule has 3 rings (SSSR count). The Morgan fingerprint density at radius 3 is 1.50 bits per heavy atom. The monoisotopic (exact) mass is 302 g/mol. The molecule has 0 aliphatic heterocycles. The van der Waals surface area contributed by atoms with Crippen molar-refractivity contribution in [2.75, 3.05) is 0 Å². The minimum absolute atomic E-state index is 0.241. The molecule has 3 aromatic carbocycles. The van der Waals surface area contributed by atoms with Gasteiger partial charge in [0.15, 0.2) is 5.78 Å². The lowest BCUT2D eigenvalue weighted by Crippen LogP contribution is -2.43. The Balaban J connectivity index is 1.91. The molecule has 0 amide bonds. The van der Waals surface area contributed by atoms with Gasteiger partial charge < -0.3 is 0 Å². The van der Waals surface area contributed by atoms with Crippen LogP contribution in [0, 0.1) is 0 Å². The van der Waals surface area contributed by atoms with Gasteiger partial charge in [0.1, 0.15) is 8.80 Å². The first-order valence-electron chi connectivity index (χ1n) is 7.53. The van der Waals surface area contributed by atoms with E-state index < -0.39 is 8.80 Å². The van der Waals surface area contributed by atoms with E-state index in [1.165, 1.54) is 10.4 Å². The molecule has 0 heterocycles. The van der Waals surface area contributed by atoms with Crippen LogP contribution < -0.4 is 10.4 Å². The minimum atomic E-state index is -1.53. The fourth-order valence-electron chi connectivity index (χ4n) is 2.73. The number of benzene rings is 3. The van der Waals surface area contributed by atoms with Crippen molar-refractivity contribution in [2.45, 2.75) is 6.04 Å². The largest absolute Gasteiger partial charge is 0.295 e. The van der Waals surface area contributed by atoms with Gasteiger partial charge in [0.25, 0.3) is 0 Å². The molecule has 0 saturated heterocycles. The molecule has 0 spiro atoms. The van der Waals surface area contributed by atoms with Crippen molar-refractivity contribution in [3.63, 3.8) is 0 Å². The zero-order valence-electron chi connectivity index (χ0n) is 12.4. The predicted molar refractivity (Wildman–Crippen MR) is 94.9 cm³/mol. The molecule has 0 saturated carbocycles. The Hall–Kier alpha value is -2.45. The summed E-state index contributed by atoms with van der Waals surface area (Å²) < 4.78 is 0. The first-order chi connectivity index (χ1) is 10.8. The van der Waals surface area contributed by atoms with Crippen LogP contribution in [0.4, 0.5) is 0 Å². The van der Waals surface area contributed by atoms with Gasteiger partial charge in [-0.05, 0) is 0 Å². The van der Waals surface area contributed by atoms with Crippen LogP contribution in [-0.2, 0) is 0 Å². The summed E-state index contributed by atoms with van der Waals surface area (Å²) in [6.45, 7) is 0. The topological polar surface area (TPSA) is 17.1 Å². The van der Waals surface area contributed by atoms with E-state index in [0.717, 1.165) is 5.56 Å². The summed E-state index contributed by atoms with van der Waals surface area (Å²) in [5.41, 5.74) is 0.812. The molecule has 3 aromatic rings. The van der Waals surface area contributed by atoms with Gasteiger partial charge in [-0.3, -0.25) is 4.79 Å². The molecule has 0 radical (unpaired) electrons. The molecule has 0 aliphatic carbocycles. The number of hydrogen-bond donors (Lipinski definition) is 0. The fraction of sp³-hybridized carbons (Fsp3) is 0.0500. The van der Waals surface area contributed by atoms with E-state index in [9.17, 15) is 4.79 Å². The van der Waals surface area contributed by atoms with Gasteiger partial charge >= 0.3 is 0 Å². The third kappa shape index (κ3) is 3.41. The highest BCUT2D eigenvalue weighted by Gasteiger charge is 2.20. The van der Waals surface area contributed by atoms with Crippen LogP contribution in [0.5, 0.6) is 0 Å². The molecule has 0 atom stereocenters. The van der Waals surface area contributed by atoms with E-state index in [1.807, 2.05) is 42.5 Å². The van der Waals surface area contributed by atoms with Crippen LogP contribution in [0.3, 0.4) is 0 Å². The van der Waals surface area contributed by atoms with Crippen LogP contribution in [0.2, 0.25) is 6.04 Å². The summed E-state index contributed by atoms with van der Waals surface area (Å²) in [4.78, 5) is 12.6. The van der Waals surface area contributed by atoms with Gasteiger partial charge in [0, 0.05) is 11.6 Å². The average Bonchev–Trinajstić information content (AvgIpc) is 2.62. The quantitative estimate of drug-likeness (QED) is 0.523. The minimum Gasteiger partial charge on any atom is -0.295 e. The van der Waals surface area contributed by atoms with E-state index in [4.69, 9.17) is 0 Å². The van der Waals surface area contributed by atoms with E-state index in [-0.39, 0.29) is 5.78 Å². The van der Waals surface area contributed by atoms with E-state index in [2.05, 4.69) is 48.5 Å². The second-order valence-corrected chi connectivity index (χ2v) is 8.21. The third-order valence-electron chi connectivity index (χ3n) is 3.89. The summed E-state index contributed by atoms with van der Waals surface area (Å²) in [6.07, 6.45) is 0. The standard InChI is InChI=1S/C20H18OSi/c21-20(17-10-4-1-5-11-17)16-22(18-12-6-2-7-13-18)19-14-8-3-9-15-19/h1-15,22H,16H2. The maximum absolute atomic E-state index is 12.6. The highest BCUT2D eigenvalue weighted by Crippen LogP contribution is 2.07. The number of carbonyl (C=O) groups is 1. The molecule has 2 heteroatoms. The van der Waals surface area contributed by atoms with E-state index in [1.54, 1.807) is 0 Å². The van der Waals surface area contributed by atoms with Crippen molar-refractivity contribution in [2.24, 2.45) is 0 Å². The predicted octanol–water partition coefficient (Wildman–Crippen LogP) is 2.91. The molecule has 108 valence electrons. The second-order valence-electron chi connectivity index (χ2n) is 5.37. The average molecular weight is 302 g/mol. The normalized spacial score (nSPS) is 10.6. The van der Waals surface area contributed by atoms with E-state index in [0.29, 0.717) is 6.04 Å². The highest BCUT2D eigenvalue weighted by atomic mass is 28.3. The number of rotatable bonds is 5. The van der Waals surface area contributed by atoms with Gasteiger partial charge in [-0.1, -0.05) is 101 Å². The Kier molecular flexibility index (Phi) is 4.61. The maximum Gasteiger partial charge on any atom is 0.160 e. The SMILES string of the molecule is O=C(C[SiH](c1ccccc1)c1ccccc1)c1ccccc1. The lowest BCUT2D eigenvalue weighted by molar-refractivity contribution is 0.101. The molecule has 0 aromatic heterocycles. The third-order valence-corrected chi connectivity index (χ3v) is 7.05. The molecule has 0 unspecified atom stereocenters. The first-order valence-corrected chi connectivity index (χ1v) is 9.50. The van der Waals surface area contributed by atoms with Crippen molar-refractivity contribution in [1.29, 1.82) is 0 Å². The van der Waals surface area contributed by atoms with Crippen LogP contribution in [-0.4, -0.2) is 14.6 Å². The zero-order chi connectivity index (χ0) is 15.2. The van der Waals surface area contributed by atoms with Gasteiger partial charge in [-0.2, -0.15) is 0 Å². The van der Waals surface area contributed by atoms with Crippen molar-refractivity contribution in [3.8, 4) is 0 Å². The summed E-state index contributed by atoms with van der Waals surface area (Å²) in [6, 6.07) is 31.1. The van der Waals surface area contributed by atoms with Crippen LogP contribution in [0.15, 0.2) is 91.0 Å². The van der Waals surface area contributed by atoms with Crippen LogP contribution >= 0.6 is 0 Å². The zero-order valence-corrected chi connectivity index (χ0v) is 13.5. The fourth-order valence-corrected chi connectivity index (χ4v) is 5.56. The molecule has 1 nitrogen and oxygen atoms in total. The van der Waals surface area contributed by atoms with Crippen LogP contribution in [0.25, 0.3) is 0 Å². The number of Topliss-reactive ketones (excluding diaryl/α,β-unsaturated/α-hetero) is 1. The lowest BCUT2D eigenvalue weighted by Gasteiger charge is -2.16. The number of carbonyl (C=O) groups excluding carboxylic acids is 1. The molecule has 0 N–H and O–H groups in total. The Labute approximate surface area is 132 Å². The Morgan fingerprint density at radius 1 is 0.636 bits per heavy atom. The highest BCUT2D eigenvalue weighted by molar-refractivity contribution is 6.87. The van der Waals surface area contributed by atoms with E-state index >= 15 is 0 Å². The van der Waals surface area contributed by atoms with Crippen molar-refractivity contribution in [1.82, 2.24) is 0 Å². The maximum atomic E-state index is 12.6. The summed E-state index contributed by atoms with van der Waals surface area (Å²) in [7, 11) is -1.53. The number of hydrogen-bond acceptors (Lipinski definition) is 1. The molecule has 0 aliphatic rings. The van der Waals surface area contributed by atoms with Crippen LogP contribution in [0.1, 0.15) is 10.4 Å². The van der Waals surface area contributed by atoms with Gasteiger partial charge in [-0.25, -0.2) is 0 Å².